The van der Waals surface area contributed by atoms with Gasteiger partial charge in [-0.3, -0.25) is 4.79 Å². The predicted octanol–water partition coefficient (Wildman–Crippen LogP) is 6.62. The van der Waals surface area contributed by atoms with Crippen LogP contribution in [-0.4, -0.2) is 15.3 Å². The maximum absolute atomic E-state index is 13.2. The monoisotopic (exact) mass is 425 g/mol. The SMILES string of the molecule is CCC(C)c1ccccc1NC(=O)Cc1c(-c2ccc(C)c(C)c2)nc2c(C)cccn12. The number of pyridine rings is 1. The Balaban J connectivity index is 1.74. The summed E-state index contributed by atoms with van der Waals surface area (Å²) in [6, 6.07) is 18.5. The average molecular weight is 426 g/mol. The summed E-state index contributed by atoms with van der Waals surface area (Å²) in [6.07, 6.45) is 3.27. The van der Waals surface area contributed by atoms with Gasteiger partial charge in [-0.1, -0.05) is 50.2 Å². The first kappa shape index (κ1) is 21.8. The first-order valence-electron chi connectivity index (χ1n) is 11.3. The van der Waals surface area contributed by atoms with Crippen molar-refractivity contribution in [1.29, 1.82) is 0 Å². The van der Waals surface area contributed by atoms with Crippen LogP contribution in [0.2, 0.25) is 0 Å². The number of aromatic nitrogens is 2. The predicted molar refractivity (Wildman–Crippen MR) is 132 cm³/mol. The molecule has 1 N–H and O–H groups in total. The zero-order valence-electron chi connectivity index (χ0n) is 19.6. The minimum absolute atomic E-state index is 0.0332. The fourth-order valence-electron chi connectivity index (χ4n) is 4.15. The Bertz CT molecular complexity index is 1290. The maximum Gasteiger partial charge on any atom is 0.230 e. The summed E-state index contributed by atoms with van der Waals surface area (Å²) in [5.74, 6) is 0.352. The second-order valence-electron chi connectivity index (χ2n) is 8.71. The summed E-state index contributed by atoms with van der Waals surface area (Å²) in [5.41, 5.74) is 9.33. The quantitative estimate of drug-likeness (QED) is 0.377. The third-order valence-electron chi connectivity index (χ3n) is 6.43. The lowest BCUT2D eigenvalue weighted by molar-refractivity contribution is -0.115. The Hall–Kier alpha value is -3.40. The Kier molecular flexibility index (Phi) is 6.13. The fourth-order valence-corrected chi connectivity index (χ4v) is 4.15. The van der Waals surface area contributed by atoms with Crippen LogP contribution in [0.1, 0.15) is 54.1 Å². The van der Waals surface area contributed by atoms with Gasteiger partial charge in [0.05, 0.1) is 17.8 Å². The van der Waals surface area contributed by atoms with E-state index in [9.17, 15) is 4.79 Å². The number of hydrogen-bond acceptors (Lipinski definition) is 2. The number of benzene rings is 2. The Morgan fingerprint density at radius 1 is 1.00 bits per heavy atom. The van der Waals surface area contributed by atoms with E-state index in [0.717, 1.165) is 40.3 Å². The molecule has 4 nitrogen and oxygen atoms in total. The highest BCUT2D eigenvalue weighted by Gasteiger charge is 2.19. The topological polar surface area (TPSA) is 46.4 Å². The average Bonchev–Trinajstić information content (AvgIpc) is 3.15. The number of nitrogens with zero attached hydrogens (tertiary/aromatic N) is 2. The molecule has 164 valence electrons. The van der Waals surface area contributed by atoms with Gasteiger partial charge in [-0.25, -0.2) is 4.98 Å². The summed E-state index contributed by atoms with van der Waals surface area (Å²) in [6.45, 7) is 10.6. The summed E-state index contributed by atoms with van der Waals surface area (Å²) < 4.78 is 2.06. The molecule has 1 amide bonds. The Morgan fingerprint density at radius 3 is 2.53 bits per heavy atom. The molecule has 0 aliphatic rings. The number of anilines is 1. The highest BCUT2D eigenvalue weighted by Crippen LogP contribution is 2.29. The van der Waals surface area contributed by atoms with E-state index >= 15 is 0 Å². The largest absolute Gasteiger partial charge is 0.325 e. The van der Waals surface area contributed by atoms with E-state index in [1.807, 2.05) is 30.5 Å². The maximum atomic E-state index is 13.2. The van der Waals surface area contributed by atoms with Crippen molar-refractivity contribution in [3.8, 4) is 11.3 Å². The van der Waals surface area contributed by atoms with Crippen LogP contribution in [0.25, 0.3) is 16.9 Å². The van der Waals surface area contributed by atoms with Gasteiger partial charge in [0.25, 0.3) is 0 Å². The second-order valence-corrected chi connectivity index (χ2v) is 8.71. The highest BCUT2D eigenvalue weighted by molar-refractivity contribution is 5.94. The van der Waals surface area contributed by atoms with E-state index in [-0.39, 0.29) is 12.3 Å². The third kappa shape index (κ3) is 4.18. The molecule has 2 aromatic heterocycles. The van der Waals surface area contributed by atoms with Crippen molar-refractivity contribution < 1.29 is 4.79 Å². The number of nitrogens with one attached hydrogen (secondary N) is 1. The molecule has 0 aliphatic carbocycles. The van der Waals surface area contributed by atoms with E-state index in [1.165, 1.54) is 16.7 Å². The van der Waals surface area contributed by atoms with Crippen LogP contribution >= 0.6 is 0 Å². The molecule has 2 heterocycles. The molecule has 4 heteroatoms. The van der Waals surface area contributed by atoms with E-state index in [2.05, 4.69) is 74.7 Å². The molecule has 0 aliphatic heterocycles. The number of rotatable bonds is 6. The smallest absolute Gasteiger partial charge is 0.230 e. The number of imidazole rings is 1. The molecule has 4 rings (SSSR count). The molecule has 0 fully saturated rings. The van der Waals surface area contributed by atoms with Crippen LogP contribution in [0.3, 0.4) is 0 Å². The van der Waals surface area contributed by atoms with Crippen molar-refractivity contribution >= 4 is 17.2 Å². The zero-order chi connectivity index (χ0) is 22.8. The van der Waals surface area contributed by atoms with Gasteiger partial charge in [-0.05, 0) is 73.6 Å². The summed E-state index contributed by atoms with van der Waals surface area (Å²) in [7, 11) is 0. The van der Waals surface area contributed by atoms with Gasteiger partial charge in [0, 0.05) is 17.4 Å². The van der Waals surface area contributed by atoms with Crippen LogP contribution in [0, 0.1) is 20.8 Å². The van der Waals surface area contributed by atoms with Gasteiger partial charge in [0.1, 0.15) is 5.65 Å². The lowest BCUT2D eigenvalue weighted by Gasteiger charge is -2.16. The van der Waals surface area contributed by atoms with Crippen LogP contribution in [-0.2, 0) is 11.2 Å². The van der Waals surface area contributed by atoms with Crippen molar-refractivity contribution in [3.05, 3.63) is 88.7 Å². The van der Waals surface area contributed by atoms with Crippen molar-refractivity contribution in [3.63, 3.8) is 0 Å². The van der Waals surface area contributed by atoms with Gasteiger partial charge in [0.2, 0.25) is 5.91 Å². The van der Waals surface area contributed by atoms with Gasteiger partial charge in [0.15, 0.2) is 0 Å². The first-order chi connectivity index (χ1) is 15.4. The third-order valence-corrected chi connectivity index (χ3v) is 6.43. The summed E-state index contributed by atoms with van der Waals surface area (Å²) in [4.78, 5) is 18.2. The van der Waals surface area contributed by atoms with Crippen molar-refractivity contribution in [2.24, 2.45) is 0 Å². The molecule has 0 spiro atoms. The van der Waals surface area contributed by atoms with Gasteiger partial charge in [-0.2, -0.15) is 0 Å². The molecular formula is C28H31N3O. The molecule has 1 atom stereocenters. The van der Waals surface area contributed by atoms with Crippen LogP contribution in [0.15, 0.2) is 60.8 Å². The summed E-state index contributed by atoms with van der Waals surface area (Å²) in [5, 5.41) is 3.16. The standard InChI is InChI=1S/C28H31N3O/c1-6-18(2)23-11-7-8-12-24(23)29-26(32)17-25-27(22-14-13-19(3)21(5)16-22)30-28-20(4)10-9-15-31(25)28/h7-16,18H,6,17H2,1-5H3,(H,29,32). The number of aryl methyl sites for hydroxylation is 3. The second kappa shape index (κ2) is 8.99. The molecule has 0 saturated heterocycles. The Labute approximate surface area is 190 Å². The van der Waals surface area contributed by atoms with Gasteiger partial charge >= 0.3 is 0 Å². The van der Waals surface area contributed by atoms with E-state index in [1.54, 1.807) is 0 Å². The molecule has 0 bridgehead atoms. The molecule has 0 radical (unpaired) electrons. The number of para-hydroxylation sites is 1. The van der Waals surface area contributed by atoms with Crippen LogP contribution < -0.4 is 5.32 Å². The number of carbonyl (C=O) groups excluding carboxylic acids is 1. The van der Waals surface area contributed by atoms with Crippen molar-refractivity contribution in [2.45, 2.75) is 53.4 Å². The number of hydrogen-bond donors (Lipinski definition) is 1. The molecule has 2 aromatic carbocycles. The number of carbonyl (C=O) groups is 1. The lowest BCUT2D eigenvalue weighted by atomic mass is 9.97. The van der Waals surface area contributed by atoms with Gasteiger partial charge in [-0.15, -0.1) is 0 Å². The molecule has 0 saturated carbocycles. The van der Waals surface area contributed by atoms with Crippen LogP contribution in [0.4, 0.5) is 5.69 Å². The molecule has 4 aromatic rings. The lowest BCUT2D eigenvalue weighted by Crippen LogP contribution is -2.17. The fraction of sp³-hybridized carbons (Fsp3) is 0.286. The van der Waals surface area contributed by atoms with Crippen LogP contribution in [0.5, 0.6) is 0 Å². The van der Waals surface area contributed by atoms with E-state index in [0.29, 0.717) is 5.92 Å². The van der Waals surface area contributed by atoms with Crippen molar-refractivity contribution in [1.82, 2.24) is 9.38 Å². The molecule has 1 unspecified atom stereocenters. The number of fused-ring (bicyclic) bond motifs is 1. The summed E-state index contributed by atoms with van der Waals surface area (Å²) >= 11 is 0. The minimum atomic E-state index is -0.0332. The number of amides is 1. The normalized spacial score (nSPS) is 12.2. The minimum Gasteiger partial charge on any atom is -0.325 e. The molecular weight excluding hydrogens is 394 g/mol. The van der Waals surface area contributed by atoms with E-state index < -0.39 is 0 Å². The van der Waals surface area contributed by atoms with Crippen molar-refractivity contribution in [2.75, 3.05) is 5.32 Å². The first-order valence-corrected chi connectivity index (χ1v) is 11.3. The zero-order valence-corrected chi connectivity index (χ0v) is 19.6. The van der Waals surface area contributed by atoms with E-state index in [4.69, 9.17) is 4.98 Å². The Morgan fingerprint density at radius 2 is 1.78 bits per heavy atom. The van der Waals surface area contributed by atoms with Gasteiger partial charge < -0.3 is 9.72 Å². The molecule has 32 heavy (non-hydrogen) atoms. The highest BCUT2D eigenvalue weighted by atomic mass is 16.1.